The highest BCUT2D eigenvalue weighted by molar-refractivity contribution is 6.12. The van der Waals surface area contributed by atoms with Crippen molar-refractivity contribution in [2.45, 2.75) is 5.41 Å². The summed E-state index contributed by atoms with van der Waals surface area (Å²) in [6, 6.07) is 122. The van der Waals surface area contributed by atoms with Crippen LogP contribution in [0, 0.1) is 0 Å². The number of hydrogen-bond acceptors (Lipinski definition) is 1. The van der Waals surface area contributed by atoms with Crippen LogP contribution in [0.25, 0.3) is 116 Å². The highest BCUT2D eigenvalue weighted by atomic mass is 15.1. The number of rotatable bonds is 9. The summed E-state index contributed by atoms with van der Waals surface area (Å²) in [4.78, 5) is 2.53. The van der Waals surface area contributed by atoms with E-state index in [0.717, 1.165) is 56.0 Å². The summed E-state index contributed by atoms with van der Waals surface area (Å²) in [7, 11) is 0. The summed E-state index contributed by atoms with van der Waals surface area (Å²) in [6.07, 6.45) is 0. The van der Waals surface area contributed by atoms with Crippen molar-refractivity contribution in [2.75, 3.05) is 4.90 Å². The largest absolute Gasteiger partial charge is 0.309 e. The van der Waals surface area contributed by atoms with Crippen LogP contribution in [0.2, 0.25) is 0 Å². The van der Waals surface area contributed by atoms with E-state index in [1.807, 2.05) is 0 Å². The average molecular weight is 1080 g/mol. The molecule has 2 heteroatoms. The standard InChI is InChI=1S/C83H54N2/c1-3-21-55(22-4-1)57-41-43-58(44-42-57)63-50-64(61-28-19-27-60(49-61)56-23-5-2-6-24-56)52-66(51-63)85-81-39-18-13-34-73(81)74-53-62(45-48-82(74)85)68-30-12-17-38-79(68)84(80-40-20-26-59-25-7-8-29-67(59)80)65-46-47-72-71-33-11-16-37-77(71)83(78(72)54-65)75-35-14-9-31-69(75)70-32-10-15-36-76(70)83/h1-54H. The fourth-order valence-corrected chi connectivity index (χ4v) is 14.4. The van der Waals surface area contributed by atoms with Crippen LogP contribution in [0.15, 0.2) is 328 Å². The Labute approximate surface area is 495 Å². The smallest absolute Gasteiger partial charge is 0.0726 e. The quantitative estimate of drug-likeness (QED) is 0.140. The molecule has 0 saturated heterocycles. The van der Waals surface area contributed by atoms with Crippen molar-refractivity contribution >= 4 is 49.6 Å². The van der Waals surface area contributed by atoms with Gasteiger partial charge in [-0.2, -0.15) is 0 Å². The molecule has 0 saturated carbocycles. The summed E-state index contributed by atoms with van der Waals surface area (Å²) in [5.41, 5.74) is 28.5. The second kappa shape index (κ2) is 19.6. The highest BCUT2D eigenvalue weighted by Gasteiger charge is 2.51. The predicted molar refractivity (Wildman–Crippen MR) is 356 cm³/mol. The number of anilines is 3. The number of nitrogens with zero attached hydrogens (tertiary/aromatic N) is 2. The van der Waals surface area contributed by atoms with Gasteiger partial charge in [-0.3, -0.25) is 0 Å². The second-order valence-corrected chi connectivity index (χ2v) is 22.7. The molecule has 2 aliphatic carbocycles. The van der Waals surface area contributed by atoms with Crippen molar-refractivity contribution in [1.29, 1.82) is 0 Å². The fraction of sp³-hybridized carbons (Fsp3) is 0.0120. The van der Waals surface area contributed by atoms with E-state index in [1.165, 1.54) is 99.4 Å². The minimum Gasteiger partial charge on any atom is -0.309 e. The maximum absolute atomic E-state index is 2.53. The Hall–Kier alpha value is -11.1. The van der Waals surface area contributed by atoms with Gasteiger partial charge in [-0.05, 0) is 167 Å². The molecule has 85 heavy (non-hydrogen) atoms. The van der Waals surface area contributed by atoms with Crippen LogP contribution in [0.1, 0.15) is 22.3 Å². The number of para-hydroxylation sites is 2. The Morgan fingerprint density at radius 3 is 1.38 bits per heavy atom. The van der Waals surface area contributed by atoms with Gasteiger partial charge >= 0.3 is 0 Å². The molecule has 2 nitrogen and oxygen atoms in total. The van der Waals surface area contributed by atoms with Crippen LogP contribution in [0.5, 0.6) is 0 Å². The second-order valence-electron chi connectivity index (χ2n) is 22.7. The van der Waals surface area contributed by atoms with Gasteiger partial charge in [-0.1, -0.05) is 261 Å². The van der Waals surface area contributed by atoms with Crippen molar-refractivity contribution in [3.8, 4) is 83.6 Å². The van der Waals surface area contributed by atoms with Gasteiger partial charge in [0, 0.05) is 33.1 Å². The molecule has 0 unspecified atom stereocenters. The molecule has 17 rings (SSSR count). The minimum atomic E-state index is -0.488. The Balaban J connectivity index is 0.851. The van der Waals surface area contributed by atoms with Crippen molar-refractivity contribution < 1.29 is 0 Å². The molecule has 2 aliphatic rings. The SMILES string of the molecule is c1ccc(-c2ccc(-c3cc(-c4cccc(-c5ccccc5)c4)cc(-n4c5ccccc5c5cc(-c6ccccc6N(c6ccc7c(c6)C6(c8ccccc8-c8ccccc86)c6ccccc6-7)c6cccc7ccccc67)ccc54)c3)cc2)cc1. The highest BCUT2D eigenvalue weighted by Crippen LogP contribution is 2.63. The molecule has 15 aromatic rings. The Morgan fingerprint density at radius 1 is 0.235 bits per heavy atom. The first-order valence-electron chi connectivity index (χ1n) is 29.5. The number of fused-ring (bicyclic) bond motifs is 14. The summed E-state index contributed by atoms with van der Waals surface area (Å²) in [5, 5.41) is 4.78. The summed E-state index contributed by atoms with van der Waals surface area (Å²) < 4.78 is 2.48. The summed E-state index contributed by atoms with van der Waals surface area (Å²) in [5.74, 6) is 0. The Bertz CT molecular complexity index is 5060. The first-order valence-corrected chi connectivity index (χ1v) is 29.5. The monoisotopic (exact) mass is 1080 g/mol. The molecule has 1 spiro atoms. The van der Waals surface area contributed by atoms with Gasteiger partial charge in [0.25, 0.3) is 0 Å². The lowest BCUT2D eigenvalue weighted by Gasteiger charge is -2.33. The molecule has 396 valence electrons. The zero-order valence-corrected chi connectivity index (χ0v) is 46.6. The van der Waals surface area contributed by atoms with Gasteiger partial charge in [0.2, 0.25) is 0 Å². The zero-order valence-electron chi connectivity index (χ0n) is 46.6. The zero-order chi connectivity index (χ0) is 56.0. The molecular formula is C83H54N2. The van der Waals surface area contributed by atoms with Crippen LogP contribution >= 0.6 is 0 Å². The molecule has 0 radical (unpaired) electrons. The van der Waals surface area contributed by atoms with E-state index in [9.17, 15) is 0 Å². The first kappa shape index (κ1) is 48.6. The van der Waals surface area contributed by atoms with Crippen molar-refractivity contribution in [3.05, 3.63) is 350 Å². The summed E-state index contributed by atoms with van der Waals surface area (Å²) in [6.45, 7) is 0. The van der Waals surface area contributed by atoms with Gasteiger partial charge in [0.05, 0.1) is 27.8 Å². The Kier molecular flexibility index (Phi) is 11.2. The lowest BCUT2D eigenvalue weighted by molar-refractivity contribution is 0.793. The lowest BCUT2D eigenvalue weighted by Crippen LogP contribution is -2.26. The molecule has 0 atom stereocenters. The van der Waals surface area contributed by atoms with Crippen LogP contribution in [-0.2, 0) is 5.41 Å². The maximum atomic E-state index is 2.53. The van der Waals surface area contributed by atoms with E-state index < -0.39 is 5.41 Å². The molecule has 0 bridgehead atoms. The van der Waals surface area contributed by atoms with Crippen LogP contribution < -0.4 is 4.90 Å². The molecule has 0 aliphatic heterocycles. The normalized spacial score (nSPS) is 12.6. The molecule has 0 N–H and O–H groups in total. The molecule has 0 fully saturated rings. The molecular weight excluding hydrogens is 1020 g/mol. The van der Waals surface area contributed by atoms with E-state index in [1.54, 1.807) is 0 Å². The first-order chi connectivity index (χ1) is 42.2. The molecule has 14 aromatic carbocycles. The van der Waals surface area contributed by atoms with Gasteiger partial charge in [0.1, 0.15) is 0 Å². The average Bonchev–Trinajstić information content (AvgIpc) is 1.64. The topological polar surface area (TPSA) is 8.17 Å². The number of hydrogen-bond donors (Lipinski definition) is 0. The molecule has 1 heterocycles. The van der Waals surface area contributed by atoms with Crippen molar-refractivity contribution in [2.24, 2.45) is 0 Å². The van der Waals surface area contributed by atoms with Gasteiger partial charge in [-0.25, -0.2) is 0 Å². The van der Waals surface area contributed by atoms with Crippen LogP contribution in [0.4, 0.5) is 17.1 Å². The van der Waals surface area contributed by atoms with Crippen LogP contribution in [0.3, 0.4) is 0 Å². The third-order valence-corrected chi connectivity index (χ3v) is 18.2. The predicted octanol–water partition coefficient (Wildman–Crippen LogP) is 22.1. The van der Waals surface area contributed by atoms with E-state index in [2.05, 4.69) is 337 Å². The van der Waals surface area contributed by atoms with Gasteiger partial charge in [0.15, 0.2) is 0 Å². The lowest BCUT2D eigenvalue weighted by atomic mass is 9.70. The third kappa shape index (κ3) is 7.66. The van der Waals surface area contributed by atoms with Crippen molar-refractivity contribution in [3.63, 3.8) is 0 Å². The number of benzene rings is 14. The van der Waals surface area contributed by atoms with E-state index in [0.29, 0.717) is 0 Å². The fourth-order valence-electron chi connectivity index (χ4n) is 14.4. The summed E-state index contributed by atoms with van der Waals surface area (Å²) >= 11 is 0. The van der Waals surface area contributed by atoms with E-state index in [4.69, 9.17) is 0 Å². The maximum Gasteiger partial charge on any atom is 0.0726 e. The van der Waals surface area contributed by atoms with Gasteiger partial charge < -0.3 is 9.47 Å². The van der Waals surface area contributed by atoms with E-state index >= 15 is 0 Å². The minimum absolute atomic E-state index is 0.488. The third-order valence-electron chi connectivity index (χ3n) is 18.2. The Morgan fingerprint density at radius 2 is 0.682 bits per heavy atom. The van der Waals surface area contributed by atoms with Crippen molar-refractivity contribution in [1.82, 2.24) is 4.57 Å². The molecule has 1 aromatic heterocycles. The van der Waals surface area contributed by atoms with Gasteiger partial charge in [-0.15, -0.1) is 0 Å². The van der Waals surface area contributed by atoms with Crippen LogP contribution in [-0.4, -0.2) is 4.57 Å². The number of aromatic nitrogens is 1. The molecule has 0 amide bonds. The van der Waals surface area contributed by atoms with E-state index in [-0.39, 0.29) is 0 Å².